The minimum Gasteiger partial charge on any atom is -0.378 e. The molecule has 3 aliphatic rings. The zero-order valence-electron chi connectivity index (χ0n) is 9.17. The second-order valence-electron chi connectivity index (χ2n) is 5.67. The summed E-state index contributed by atoms with van der Waals surface area (Å²) < 4.78 is 5.82. The van der Waals surface area contributed by atoms with Crippen molar-refractivity contribution >= 4 is 0 Å². The second kappa shape index (κ2) is 3.21. The average molecular weight is 195 g/mol. The SMILES string of the molecule is CN1CCC2(CC1)CC1CCOC1C2. The van der Waals surface area contributed by atoms with Gasteiger partial charge in [-0.3, -0.25) is 0 Å². The zero-order chi connectivity index (χ0) is 9.60. The van der Waals surface area contributed by atoms with Gasteiger partial charge >= 0.3 is 0 Å². The number of fused-ring (bicyclic) bond motifs is 1. The smallest absolute Gasteiger partial charge is 0.0609 e. The Hall–Kier alpha value is -0.0800. The lowest BCUT2D eigenvalue weighted by Crippen LogP contribution is -2.37. The first kappa shape index (κ1) is 9.17. The predicted molar refractivity (Wildman–Crippen MR) is 56.2 cm³/mol. The lowest BCUT2D eigenvalue weighted by atomic mass is 9.76. The standard InChI is InChI=1S/C12H21NO/c1-13-5-3-12(4-6-13)8-10-2-7-14-11(10)9-12/h10-11H,2-9H2,1H3. The fraction of sp³-hybridized carbons (Fsp3) is 1.00. The molecule has 2 heteroatoms. The van der Waals surface area contributed by atoms with E-state index in [-0.39, 0.29) is 0 Å². The topological polar surface area (TPSA) is 12.5 Å². The molecule has 0 N–H and O–H groups in total. The summed E-state index contributed by atoms with van der Waals surface area (Å²) >= 11 is 0. The first-order valence-corrected chi connectivity index (χ1v) is 6.08. The molecule has 2 unspecified atom stereocenters. The molecule has 2 heterocycles. The summed E-state index contributed by atoms with van der Waals surface area (Å²) in [6.07, 6.45) is 7.64. The Morgan fingerprint density at radius 3 is 2.71 bits per heavy atom. The third-order valence-corrected chi connectivity index (χ3v) is 4.72. The first-order chi connectivity index (χ1) is 6.77. The minimum absolute atomic E-state index is 0.637. The van der Waals surface area contributed by atoms with Gasteiger partial charge in [-0.05, 0) is 63.6 Å². The highest BCUT2D eigenvalue weighted by Crippen LogP contribution is 2.52. The van der Waals surface area contributed by atoms with Crippen LogP contribution in [0.3, 0.4) is 0 Å². The number of likely N-dealkylation sites (tertiary alicyclic amines) is 1. The first-order valence-electron chi connectivity index (χ1n) is 6.08. The van der Waals surface area contributed by atoms with Crippen LogP contribution in [0.25, 0.3) is 0 Å². The molecule has 3 rings (SSSR count). The molecule has 0 radical (unpaired) electrons. The van der Waals surface area contributed by atoms with E-state index in [4.69, 9.17) is 4.74 Å². The molecule has 1 saturated carbocycles. The van der Waals surface area contributed by atoms with E-state index < -0.39 is 0 Å². The molecule has 2 atom stereocenters. The lowest BCUT2D eigenvalue weighted by Gasteiger charge is -2.38. The third kappa shape index (κ3) is 1.40. The molecule has 0 amide bonds. The van der Waals surface area contributed by atoms with Crippen molar-refractivity contribution < 1.29 is 4.74 Å². The number of rotatable bonds is 0. The Bertz CT molecular complexity index is 206. The van der Waals surface area contributed by atoms with Crippen molar-refractivity contribution in [3.05, 3.63) is 0 Å². The summed E-state index contributed by atoms with van der Waals surface area (Å²) in [5.74, 6) is 0.915. The van der Waals surface area contributed by atoms with Crippen LogP contribution in [-0.4, -0.2) is 37.7 Å². The molecule has 2 nitrogen and oxygen atoms in total. The average Bonchev–Trinajstić information content (AvgIpc) is 2.69. The summed E-state index contributed by atoms with van der Waals surface area (Å²) in [6.45, 7) is 3.64. The van der Waals surface area contributed by atoms with E-state index in [1.165, 1.54) is 45.2 Å². The van der Waals surface area contributed by atoms with Gasteiger partial charge in [-0.25, -0.2) is 0 Å². The molecule has 2 aliphatic heterocycles. The Balaban J connectivity index is 1.68. The highest BCUT2D eigenvalue weighted by molar-refractivity contribution is 4.99. The van der Waals surface area contributed by atoms with Gasteiger partial charge in [-0.15, -0.1) is 0 Å². The van der Waals surface area contributed by atoms with Crippen LogP contribution in [0, 0.1) is 11.3 Å². The van der Waals surface area contributed by atoms with Crippen molar-refractivity contribution in [3.63, 3.8) is 0 Å². The van der Waals surface area contributed by atoms with E-state index in [1.807, 2.05) is 0 Å². The zero-order valence-corrected chi connectivity index (χ0v) is 9.17. The highest BCUT2D eigenvalue weighted by atomic mass is 16.5. The third-order valence-electron chi connectivity index (χ3n) is 4.72. The monoisotopic (exact) mass is 195 g/mol. The quantitative estimate of drug-likeness (QED) is 0.585. The summed E-state index contributed by atoms with van der Waals surface area (Å²) in [4.78, 5) is 2.47. The maximum Gasteiger partial charge on any atom is 0.0609 e. The number of piperidine rings is 1. The molecule has 0 aromatic rings. The van der Waals surface area contributed by atoms with Gasteiger partial charge in [0.05, 0.1) is 6.10 Å². The van der Waals surface area contributed by atoms with E-state index >= 15 is 0 Å². The molecule has 3 fully saturated rings. The maximum atomic E-state index is 5.82. The van der Waals surface area contributed by atoms with Crippen LogP contribution >= 0.6 is 0 Å². The number of nitrogens with zero attached hydrogens (tertiary/aromatic N) is 1. The summed E-state index contributed by atoms with van der Waals surface area (Å²) in [5, 5.41) is 0. The lowest BCUT2D eigenvalue weighted by molar-refractivity contribution is 0.0650. The van der Waals surface area contributed by atoms with Crippen molar-refractivity contribution in [2.75, 3.05) is 26.7 Å². The Morgan fingerprint density at radius 2 is 2.00 bits per heavy atom. The molecule has 14 heavy (non-hydrogen) atoms. The number of hydrogen-bond acceptors (Lipinski definition) is 2. The molecule has 1 aliphatic carbocycles. The van der Waals surface area contributed by atoms with Crippen LogP contribution in [0.5, 0.6) is 0 Å². The summed E-state index contributed by atoms with van der Waals surface area (Å²) in [7, 11) is 2.25. The van der Waals surface area contributed by atoms with Crippen molar-refractivity contribution in [1.29, 1.82) is 0 Å². The molecule has 0 aromatic carbocycles. The fourth-order valence-electron chi connectivity index (χ4n) is 3.72. The van der Waals surface area contributed by atoms with E-state index in [0.717, 1.165) is 12.5 Å². The van der Waals surface area contributed by atoms with Gasteiger partial charge in [0, 0.05) is 6.61 Å². The highest BCUT2D eigenvalue weighted by Gasteiger charge is 2.48. The fourth-order valence-corrected chi connectivity index (χ4v) is 3.72. The molecular weight excluding hydrogens is 174 g/mol. The van der Waals surface area contributed by atoms with Gasteiger partial charge in [0.15, 0.2) is 0 Å². The number of hydrogen-bond donors (Lipinski definition) is 0. The molecule has 80 valence electrons. The number of ether oxygens (including phenoxy) is 1. The van der Waals surface area contributed by atoms with E-state index in [1.54, 1.807) is 0 Å². The summed E-state index contributed by atoms with van der Waals surface area (Å²) in [5.41, 5.74) is 0.683. The van der Waals surface area contributed by atoms with Crippen molar-refractivity contribution in [3.8, 4) is 0 Å². The molecule has 0 bridgehead atoms. The van der Waals surface area contributed by atoms with Crippen molar-refractivity contribution in [2.45, 2.75) is 38.2 Å². The largest absolute Gasteiger partial charge is 0.378 e. The Morgan fingerprint density at radius 1 is 1.21 bits per heavy atom. The van der Waals surface area contributed by atoms with Gasteiger partial charge < -0.3 is 9.64 Å². The molecular formula is C12H21NO. The molecule has 2 saturated heterocycles. The minimum atomic E-state index is 0.637. The Labute approximate surface area is 86.6 Å². The van der Waals surface area contributed by atoms with Crippen molar-refractivity contribution in [1.82, 2.24) is 4.90 Å². The van der Waals surface area contributed by atoms with Gasteiger partial charge in [0.1, 0.15) is 0 Å². The summed E-state index contributed by atoms with van der Waals surface area (Å²) in [6, 6.07) is 0. The van der Waals surface area contributed by atoms with Crippen LogP contribution in [0.4, 0.5) is 0 Å². The van der Waals surface area contributed by atoms with E-state index in [2.05, 4.69) is 11.9 Å². The van der Waals surface area contributed by atoms with E-state index in [0.29, 0.717) is 11.5 Å². The maximum absolute atomic E-state index is 5.82. The van der Waals surface area contributed by atoms with Gasteiger partial charge in [-0.1, -0.05) is 0 Å². The molecule has 1 spiro atoms. The second-order valence-corrected chi connectivity index (χ2v) is 5.67. The van der Waals surface area contributed by atoms with Crippen LogP contribution in [0.2, 0.25) is 0 Å². The van der Waals surface area contributed by atoms with Crippen LogP contribution in [-0.2, 0) is 4.74 Å². The van der Waals surface area contributed by atoms with Gasteiger partial charge in [0.25, 0.3) is 0 Å². The predicted octanol–water partition coefficient (Wildman–Crippen LogP) is 1.90. The van der Waals surface area contributed by atoms with Crippen LogP contribution < -0.4 is 0 Å². The van der Waals surface area contributed by atoms with Gasteiger partial charge in [-0.2, -0.15) is 0 Å². The normalized spacial score (nSPS) is 41.8. The Kier molecular flexibility index (Phi) is 2.10. The molecule has 0 aromatic heterocycles. The van der Waals surface area contributed by atoms with Crippen molar-refractivity contribution in [2.24, 2.45) is 11.3 Å². The van der Waals surface area contributed by atoms with Crippen LogP contribution in [0.1, 0.15) is 32.1 Å². The van der Waals surface area contributed by atoms with E-state index in [9.17, 15) is 0 Å². The van der Waals surface area contributed by atoms with Gasteiger partial charge in [0.2, 0.25) is 0 Å². The van der Waals surface area contributed by atoms with Crippen LogP contribution in [0.15, 0.2) is 0 Å².